The Bertz CT molecular complexity index is 670. The molecule has 0 aromatic heterocycles. The van der Waals surface area contributed by atoms with E-state index in [1.165, 1.54) is 6.07 Å². The molecule has 0 spiro atoms. The van der Waals surface area contributed by atoms with E-state index in [1.807, 2.05) is 12.1 Å². The quantitative estimate of drug-likeness (QED) is 0.882. The van der Waals surface area contributed by atoms with Gasteiger partial charge in [0.2, 0.25) is 0 Å². The standard InChI is InChI=1S/C17H16Cl2FNO2/c18-13-2-1-3-15(20)12(13)10-23-16-5-4-11(8-14(16)19)17-9-21-6-7-22-17/h1-5,8,17,21H,6-7,9-10H2/t17-/m0/s1. The predicted octanol–water partition coefficient (Wildman–Crippen LogP) is 4.37. The molecule has 1 aliphatic heterocycles. The van der Waals surface area contributed by atoms with Gasteiger partial charge in [-0.3, -0.25) is 0 Å². The van der Waals surface area contributed by atoms with Crippen LogP contribution in [0.4, 0.5) is 4.39 Å². The molecule has 0 saturated carbocycles. The summed E-state index contributed by atoms with van der Waals surface area (Å²) in [5, 5.41) is 4.07. The number of hydrogen-bond acceptors (Lipinski definition) is 3. The van der Waals surface area contributed by atoms with Crippen molar-refractivity contribution in [2.24, 2.45) is 0 Å². The summed E-state index contributed by atoms with van der Waals surface area (Å²) >= 11 is 12.3. The molecule has 1 atom stereocenters. The van der Waals surface area contributed by atoms with E-state index >= 15 is 0 Å². The zero-order valence-corrected chi connectivity index (χ0v) is 13.8. The average molecular weight is 356 g/mol. The molecule has 23 heavy (non-hydrogen) atoms. The van der Waals surface area contributed by atoms with Gasteiger partial charge in [0, 0.05) is 18.7 Å². The van der Waals surface area contributed by atoms with Crippen LogP contribution >= 0.6 is 23.2 Å². The van der Waals surface area contributed by atoms with E-state index in [2.05, 4.69) is 5.32 Å². The van der Waals surface area contributed by atoms with Gasteiger partial charge in [-0.05, 0) is 29.8 Å². The van der Waals surface area contributed by atoms with Crippen molar-refractivity contribution >= 4 is 23.2 Å². The summed E-state index contributed by atoms with van der Waals surface area (Å²) in [7, 11) is 0. The molecule has 1 aliphatic rings. The van der Waals surface area contributed by atoms with E-state index in [-0.39, 0.29) is 12.7 Å². The second kappa shape index (κ2) is 7.49. The molecule has 0 aliphatic carbocycles. The fraction of sp³-hybridized carbons (Fsp3) is 0.294. The molecule has 3 rings (SSSR count). The van der Waals surface area contributed by atoms with Gasteiger partial charge in [0.15, 0.2) is 0 Å². The van der Waals surface area contributed by atoms with Gasteiger partial charge in [-0.25, -0.2) is 4.39 Å². The maximum atomic E-state index is 13.7. The lowest BCUT2D eigenvalue weighted by molar-refractivity contribution is 0.0277. The van der Waals surface area contributed by atoms with Gasteiger partial charge >= 0.3 is 0 Å². The first kappa shape index (κ1) is 16.5. The van der Waals surface area contributed by atoms with Crippen LogP contribution < -0.4 is 10.1 Å². The third-order valence-corrected chi connectivity index (χ3v) is 4.34. The van der Waals surface area contributed by atoms with Crippen molar-refractivity contribution in [3.8, 4) is 5.75 Å². The maximum Gasteiger partial charge on any atom is 0.138 e. The van der Waals surface area contributed by atoms with Gasteiger partial charge < -0.3 is 14.8 Å². The molecule has 0 amide bonds. The first-order valence-corrected chi connectivity index (χ1v) is 8.08. The van der Waals surface area contributed by atoms with Crippen LogP contribution in [0.25, 0.3) is 0 Å². The minimum atomic E-state index is -0.396. The summed E-state index contributed by atoms with van der Waals surface area (Å²) in [5.41, 5.74) is 1.30. The van der Waals surface area contributed by atoms with Crippen molar-refractivity contribution in [2.75, 3.05) is 19.7 Å². The molecule has 1 saturated heterocycles. The van der Waals surface area contributed by atoms with Gasteiger partial charge in [0.05, 0.1) is 22.8 Å². The van der Waals surface area contributed by atoms with Crippen molar-refractivity contribution in [2.45, 2.75) is 12.7 Å². The van der Waals surface area contributed by atoms with Crippen molar-refractivity contribution in [3.05, 3.63) is 63.4 Å². The molecule has 1 heterocycles. The van der Waals surface area contributed by atoms with Crippen molar-refractivity contribution < 1.29 is 13.9 Å². The van der Waals surface area contributed by atoms with Crippen molar-refractivity contribution in [1.82, 2.24) is 5.32 Å². The highest BCUT2D eigenvalue weighted by atomic mass is 35.5. The average Bonchev–Trinajstić information content (AvgIpc) is 2.56. The smallest absolute Gasteiger partial charge is 0.138 e. The second-order valence-corrected chi connectivity index (χ2v) is 6.06. The van der Waals surface area contributed by atoms with Crippen LogP contribution in [0.1, 0.15) is 17.2 Å². The van der Waals surface area contributed by atoms with Gasteiger partial charge in [-0.15, -0.1) is 0 Å². The van der Waals surface area contributed by atoms with Crippen LogP contribution in [0, 0.1) is 5.82 Å². The summed E-state index contributed by atoms with van der Waals surface area (Å²) in [4.78, 5) is 0. The molecule has 122 valence electrons. The Labute approximate surface area is 144 Å². The summed E-state index contributed by atoms with van der Waals surface area (Å²) in [5.74, 6) is 0.0884. The zero-order chi connectivity index (χ0) is 16.2. The Morgan fingerprint density at radius 2 is 2.09 bits per heavy atom. The van der Waals surface area contributed by atoms with Gasteiger partial charge in [0.25, 0.3) is 0 Å². The van der Waals surface area contributed by atoms with E-state index in [1.54, 1.807) is 18.2 Å². The number of nitrogens with one attached hydrogen (secondary N) is 1. The number of halogens is 3. The molecule has 1 fully saturated rings. The van der Waals surface area contributed by atoms with E-state index < -0.39 is 5.82 Å². The van der Waals surface area contributed by atoms with Gasteiger partial charge in [-0.1, -0.05) is 35.3 Å². The fourth-order valence-electron chi connectivity index (χ4n) is 2.43. The molecule has 0 bridgehead atoms. The van der Waals surface area contributed by atoms with E-state index in [4.69, 9.17) is 32.7 Å². The highest BCUT2D eigenvalue weighted by Gasteiger charge is 2.17. The molecule has 2 aromatic rings. The molecule has 2 aromatic carbocycles. The maximum absolute atomic E-state index is 13.7. The van der Waals surface area contributed by atoms with Crippen LogP contribution in [0.2, 0.25) is 10.0 Å². The summed E-state index contributed by atoms with van der Waals surface area (Å²) < 4.78 is 25.0. The summed E-state index contributed by atoms with van der Waals surface area (Å²) in [6, 6.07) is 10.0. The second-order valence-electron chi connectivity index (χ2n) is 5.24. The first-order valence-electron chi connectivity index (χ1n) is 7.32. The highest BCUT2D eigenvalue weighted by molar-refractivity contribution is 6.32. The van der Waals surface area contributed by atoms with Gasteiger partial charge in [-0.2, -0.15) is 0 Å². The van der Waals surface area contributed by atoms with Crippen LogP contribution in [-0.4, -0.2) is 19.7 Å². The van der Waals surface area contributed by atoms with Gasteiger partial charge in [0.1, 0.15) is 18.2 Å². The number of morpholine rings is 1. The van der Waals surface area contributed by atoms with Crippen molar-refractivity contribution in [3.63, 3.8) is 0 Å². The molecule has 3 nitrogen and oxygen atoms in total. The first-order chi connectivity index (χ1) is 11.1. The minimum absolute atomic E-state index is 0.0173. The normalized spacial score (nSPS) is 18.0. The Morgan fingerprint density at radius 3 is 2.78 bits per heavy atom. The third-order valence-electron chi connectivity index (χ3n) is 3.69. The zero-order valence-electron chi connectivity index (χ0n) is 12.3. The lowest BCUT2D eigenvalue weighted by Crippen LogP contribution is -2.33. The topological polar surface area (TPSA) is 30.5 Å². The van der Waals surface area contributed by atoms with Crippen molar-refractivity contribution in [1.29, 1.82) is 0 Å². The van der Waals surface area contributed by atoms with Crippen LogP contribution in [-0.2, 0) is 11.3 Å². The Hall–Kier alpha value is -1.33. The lowest BCUT2D eigenvalue weighted by atomic mass is 10.1. The molecule has 0 radical (unpaired) electrons. The van der Waals surface area contributed by atoms with E-state index in [0.717, 1.165) is 18.7 Å². The third kappa shape index (κ3) is 3.96. The summed E-state index contributed by atoms with van der Waals surface area (Å²) in [6.07, 6.45) is -0.0173. The van der Waals surface area contributed by atoms with E-state index in [0.29, 0.717) is 28.0 Å². The number of rotatable bonds is 4. The summed E-state index contributed by atoms with van der Waals surface area (Å²) in [6.45, 7) is 2.30. The Balaban J connectivity index is 1.71. The van der Waals surface area contributed by atoms with Crippen LogP contribution in [0.5, 0.6) is 5.75 Å². The molecular formula is C17H16Cl2FNO2. The number of benzene rings is 2. The number of hydrogen-bond donors (Lipinski definition) is 1. The van der Waals surface area contributed by atoms with Crippen LogP contribution in [0.3, 0.4) is 0 Å². The Kier molecular flexibility index (Phi) is 5.38. The number of ether oxygens (including phenoxy) is 2. The monoisotopic (exact) mass is 355 g/mol. The molecule has 6 heteroatoms. The SMILES string of the molecule is Fc1cccc(Cl)c1COc1ccc([C@@H]2CNCCO2)cc1Cl. The Morgan fingerprint density at radius 1 is 1.22 bits per heavy atom. The lowest BCUT2D eigenvalue weighted by Gasteiger charge is -2.24. The largest absolute Gasteiger partial charge is 0.487 e. The highest BCUT2D eigenvalue weighted by Crippen LogP contribution is 2.31. The molecule has 0 unspecified atom stereocenters. The fourth-order valence-corrected chi connectivity index (χ4v) is 2.90. The van der Waals surface area contributed by atoms with E-state index in [9.17, 15) is 4.39 Å². The van der Waals surface area contributed by atoms with Crippen LogP contribution in [0.15, 0.2) is 36.4 Å². The predicted molar refractivity (Wildman–Crippen MR) is 88.8 cm³/mol. The molecule has 1 N–H and O–H groups in total. The minimum Gasteiger partial charge on any atom is -0.487 e. The molecular weight excluding hydrogens is 340 g/mol.